The molecule has 0 spiro atoms. The van der Waals surface area contributed by atoms with Crippen LogP contribution in [0, 0.1) is 0 Å². The molecule has 8 nitrogen and oxygen atoms in total. The fourth-order valence-electron chi connectivity index (χ4n) is 3.65. The maximum absolute atomic E-state index is 12.4. The maximum atomic E-state index is 12.4. The number of aromatic nitrogens is 3. The van der Waals surface area contributed by atoms with E-state index >= 15 is 0 Å². The van der Waals surface area contributed by atoms with E-state index in [4.69, 9.17) is 20.8 Å². The Bertz CT molecular complexity index is 1330. The van der Waals surface area contributed by atoms with Gasteiger partial charge in [0.15, 0.2) is 5.58 Å². The van der Waals surface area contributed by atoms with Gasteiger partial charge in [-0.2, -0.15) is 5.10 Å². The van der Waals surface area contributed by atoms with Crippen LogP contribution in [0.4, 0.5) is 4.79 Å². The minimum Gasteiger partial charge on any atom is -0.444 e. The summed E-state index contributed by atoms with van der Waals surface area (Å²) in [5.74, 6) is -0.480. The van der Waals surface area contributed by atoms with E-state index < -0.39 is 17.5 Å². The van der Waals surface area contributed by atoms with Gasteiger partial charge in [-0.1, -0.05) is 29.8 Å². The van der Waals surface area contributed by atoms with Crippen LogP contribution >= 0.6 is 11.6 Å². The number of halogens is 1. The highest BCUT2D eigenvalue weighted by atomic mass is 35.5. The third-order valence-corrected chi connectivity index (χ3v) is 5.46. The molecule has 4 rings (SSSR count). The first kappa shape index (κ1) is 23.6. The lowest BCUT2D eigenvalue weighted by atomic mass is 10.0. The summed E-state index contributed by atoms with van der Waals surface area (Å²) in [6, 6.07) is 12.9. The number of rotatable bonds is 7. The highest BCUT2D eigenvalue weighted by molar-refractivity contribution is 6.30. The average molecular weight is 483 g/mol. The molecule has 1 atom stereocenters. The summed E-state index contributed by atoms with van der Waals surface area (Å²) >= 11 is 6.01. The number of aromatic amines is 1. The predicted molar refractivity (Wildman–Crippen MR) is 131 cm³/mol. The fraction of sp³-hybridized carbons (Fsp3) is 0.320. The van der Waals surface area contributed by atoms with Crippen LogP contribution in [0.15, 0.2) is 64.1 Å². The molecule has 2 aromatic heterocycles. The van der Waals surface area contributed by atoms with E-state index in [1.807, 2.05) is 68.0 Å². The Morgan fingerprint density at radius 2 is 1.97 bits per heavy atom. The van der Waals surface area contributed by atoms with Crippen molar-refractivity contribution in [3.63, 3.8) is 0 Å². The number of nitrogens with zero attached hydrogens (tertiary/aromatic N) is 2. The summed E-state index contributed by atoms with van der Waals surface area (Å²) in [4.78, 5) is 26.5. The zero-order valence-electron chi connectivity index (χ0n) is 19.3. The zero-order valence-corrected chi connectivity index (χ0v) is 20.1. The molecule has 1 amide bonds. The van der Waals surface area contributed by atoms with Crippen LogP contribution in [0.5, 0.6) is 0 Å². The molecule has 0 bridgehead atoms. The second-order valence-electron chi connectivity index (χ2n) is 9.18. The van der Waals surface area contributed by atoms with E-state index in [0.29, 0.717) is 35.5 Å². The van der Waals surface area contributed by atoms with Crippen molar-refractivity contribution < 1.29 is 13.9 Å². The van der Waals surface area contributed by atoms with Crippen LogP contribution in [-0.4, -0.2) is 32.5 Å². The van der Waals surface area contributed by atoms with E-state index in [-0.39, 0.29) is 6.04 Å². The third kappa shape index (κ3) is 6.29. The second-order valence-corrected chi connectivity index (χ2v) is 9.62. The van der Waals surface area contributed by atoms with Gasteiger partial charge in [-0.3, -0.25) is 9.67 Å². The van der Waals surface area contributed by atoms with Crippen molar-refractivity contribution in [1.82, 2.24) is 20.1 Å². The van der Waals surface area contributed by atoms with E-state index in [0.717, 1.165) is 16.7 Å². The van der Waals surface area contributed by atoms with Gasteiger partial charge in [-0.05, 0) is 69.0 Å². The summed E-state index contributed by atoms with van der Waals surface area (Å²) in [7, 11) is 0. The minimum atomic E-state index is -0.578. The molecule has 0 aliphatic carbocycles. The highest BCUT2D eigenvalue weighted by Gasteiger charge is 2.20. The number of oxazole rings is 1. The number of hydrogen-bond donors (Lipinski definition) is 2. The molecule has 0 radical (unpaired) electrons. The first-order valence-electron chi connectivity index (χ1n) is 11.0. The summed E-state index contributed by atoms with van der Waals surface area (Å²) in [5, 5.41) is 8.12. The Balaban J connectivity index is 1.45. The molecule has 2 aromatic carbocycles. The van der Waals surface area contributed by atoms with Gasteiger partial charge in [0, 0.05) is 29.4 Å². The van der Waals surface area contributed by atoms with Crippen LogP contribution in [0.25, 0.3) is 22.2 Å². The quantitative estimate of drug-likeness (QED) is 0.378. The lowest BCUT2D eigenvalue weighted by Gasteiger charge is -2.24. The summed E-state index contributed by atoms with van der Waals surface area (Å²) in [6.45, 7) is 6.10. The number of hydrogen-bond acceptors (Lipinski definition) is 5. The van der Waals surface area contributed by atoms with Crippen LogP contribution in [-0.2, 0) is 17.7 Å². The number of carbonyl (C=O) groups excluding carboxylic acids is 1. The summed E-state index contributed by atoms with van der Waals surface area (Å²) in [5.41, 5.74) is 3.43. The fourth-order valence-corrected chi connectivity index (χ4v) is 3.78. The number of fused-ring (bicyclic) bond motifs is 1. The van der Waals surface area contributed by atoms with E-state index in [1.165, 1.54) is 0 Å². The normalized spacial score (nSPS) is 12.6. The molecule has 0 aliphatic rings. The van der Waals surface area contributed by atoms with Crippen molar-refractivity contribution in [3.8, 4) is 11.1 Å². The summed E-state index contributed by atoms with van der Waals surface area (Å²) < 4.78 is 12.4. The topological polar surface area (TPSA) is 102 Å². The predicted octanol–water partition coefficient (Wildman–Crippen LogP) is 5.16. The number of nitrogens with one attached hydrogen (secondary N) is 2. The van der Waals surface area contributed by atoms with Gasteiger partial charge < -0.3 is 14.5 Å². The van der Waals surface area contributed by atoms with Gasteiger partial charge in [-0.25, -0.2) is 9.59 Å². The van der Waals surface area contributed by atoms with Crippen molar-refractivity contribution in [2.75, 3.05) is 0 Å². The molecule has 0 aliphatic heterocycles. The third-order valence-electron chi connectivity index (χ3n) is 5.21. The molecule has 2 N–H and O–H groups in total. The van der Waals surface area contributed by atoms with E-state index in [2.05, 4.69) is 15.4 Å². The van der Waals surface area contributed by atoms with Crippen LogP contribution in [0.2, 0.25) is 5.02 Å². The zero-order chi connectivity index (χ0) is 24.3. The molecule has 9 heteroatoms. The van der Waals surface area contributed by atoms with E-state index in [9.17, 15) is 9.59 Å². The first-order valence-corrected chi connectivity index (χ1v) is 11.4. The molecular weight excluding hydrogens is 456 g/mol. The Morgan fingerprint density at radius 3 is 2.71 bits per heavy atom. The number of benzene rings is 2. The smallest absolute Gasteiger partial charge is 0.417 e. The van der Waals surface area contributed by atoms with Gasteiger partial charge in [0.25, 0.3) is 0 Å². The van der Waals surface area contributed by atoms with Crippen molar-refractivity contribution in [1.29, 1.82) is 0 Å². The monoisotopic (exact) mass is 482 g/mol. The van der Waals surface area contributed by atoms with Gasteiger partial charge in [0.1, 0.15) is 5.60 Å². The van der Waals surface area contributed by atoms with Gasteiger partial charge in [0.2, 0.25) is 0 Å². The molecule has 34 heavy (non-hydrogen) atoms. The number of aryl methyl sites for hydroxylation is 1. The second kappa shape index (κ2) is 9.77. The molecule has 0 fully saturated rings. The average Bonchev–Trinajstić information content (AvgIpc) is 3.37. The Hall–Kier alpha value is -3.52. The Kier molecular flexibility index (Phi) is 6.79. The molecular formula is C25H27ClN4O4. The van der Waals surface area contributed by atoms with Crippen LogP contribution in [0.1, 0.15) is 32.8 Å². The van der Waals surface area contributed by atoms with E-state index in [1.54, 1.807) is 12.3 Å². The Morgan fingerprint density at radius 1 is 1.21 bits per heavy atom. The molecule has 0 unspecified atom stereocenters. The first-order chi connectivity index (χ1) is 16.1. The number of H-pyrrole nitrogens is 1. The van der Waals surface area contributed by atoms with Crippen LogP contribution < -0.4 is 11.1 Å². The van der Waals surface area contributed by atoms with Gasteiger partial charge >= 0.3 is 11.8 Å². The molecule has 4 aromatic rings. The molecule has 0 saturated carbocycles. The standard InChI is InChI=1S/C25H27ClN4O4/c1-25(2,3)34-24(32)28-20(12-16-4-7-19(26)8-5-16)10-11-30-15-18(14-27-30)17-6-9-21-22(13-17)33-23(31)29-21/h4-9,13-15,20H,10-12H2,1-3H3,(H,28,32)(H,29,31)/t20-/m1/s1. The summed E-state index contributed by atoms with van der Waals surface area (Å²) in [6.07, 6.45) is 4.52. The largest absolute Gasteiger partial charge is 0.444 e. The highest BCUT2D eigenvalue weighted by Crippen LogP contribution is 2.23. The Labute approximate surface area is 201 Å². The maximum Gasteiger partial charge on any atom is 0.417 e. The minimum absolute atomic E-state index is 0.158. The molecule has 0 saturated heterocycles. The molecule has 2 heterocycles. The van der Waals surface area contributed by atoms with Crippen molar-refractivity contribution in [3.05, 3.63) is 76.0 Å². The van der Waals surface area contributed by atoms with Crippen molar-refractivity contribution in [2.45, 2.75) is 51.8 Å². The molecule has 178 valence electrons. The lowest BCUT2D eigenvalue weighted by molar-refractivity contribution is 0.0500. The van der Waals surface area contributed by atoms with Gasteiger partial charge in [-0.15, -0.1) is 0 Å². The number of amides is 1. The van der Waals surface area contributed by atoms with Crippen molar-refractivity contribution in [2.24, 2.45) is 0 Å². The SMILES string of the molecule is CC(C)(C)OC(=O)N[C@H](CCn1cc(-c2ccc3[nH]c(=O)oc3c2)cn1)Cc1ccc(Cl)cc1. The number of ether oxygens (including phenoxy) is 1. The van der Waals surface area contributed by atoms with Crippen LogP contribution in [0.3, 0.4) is 0 Å². The van der Waals surface area contributed by atoms with Gasteiger partial charge in [0.05, 0.1) is 11.7 Å². The van der Waals surface area contributed by atoms with Crippen molar-refractivity contribution >= 4 is 28.8 Å². The number of alkyl carbamates (subject to hydrolysis) is 1. The number of carbonyl (C=O) groups is 1. The lowest BCUT2D eigenvalue weighted by Crippen LogP contribution is -2.40.